The summed E-state index contributed by atoms with van der Waals surface area (Å²) in [7, 11) is 0. The topological polar surface area (TPSA) is 59.1 Å². The van der Waals surface area contributed by atoms with E-state index in [4.69, 9.17) is 21.1 Å². The summed E-state index contributed by atoms with van der Waals surface area (Å²) in [5, 5.41) is 0.598. The van der Waals surface area contributed by atoms with Gasteiger partial charge in [0, 0.05) is 36.3 Å². The Balaban J connectivity index is 1.30. The molecule has 0 aromatic heterocycles. The van der Waals surface area contributed by atoms with Gasteiger partial charge in [-0.1, -0.05) is 18.0 Å². The molecule has 39 heavy (non-hydrogen) atoms. The third-order valence-electron chi connectivity index (χ3n) is 7.06. The summed E-state index contributed by atoms with van der Waals surface area (Å²) in [5.41, 5.74) is 0.848. The number of hydrogen-bond acceptors (Lipinski definition) is 4. The van der Waals surface area contributed by atoms with Crippen LogP contribution in [-0.4, -0.2) is 36.1 Å². The molecule has 0 bridgehead atoms. The Morgan fingerprint density at radius 2 is 1.56 bits per heavy atom. The zero-order valence-electron chi connectivity index (χ0n) is 21.3. The molecule has 2 amide bonds. The van der Waals surface area contributed by atoms with Gasteiger partial charge in [0.25, 0.3) is 0 Å². The van der Waals surface area contributed by atoms with Crippen molar-refractivity contribution in [2.24, 2.45) is 0 Å². The Kier molecular flexibility index (Phi) is 8.31. The van der Waals surface area contributed by atoms with Crippen molar-refractivity contribution in [3.05, 3.63) is 89.0 Å². The van der Waals surface area contributed by atoms with E-state index in [2.05, 4.69) is 0 Å². The van der Waals surface area contributed by atoms with E-state index in [1.54, 1.807) is 48.5 Å². The molecule has 0 N–H and O–H groups in total. The van der Waals surface area contributed by atoms with Gasteiger partial charge < -0.3 is 14.4 Å². The third-order valence-corrected chi connectivity index (χ3v) is 7.31. The number of halogens is 3. The Morgan fingerprint density at radius 1 is 0.897 bits per heavy atom. The van der Waals surface area contributed by atoms with Crippen LogP contribution in [0.1, 0.15) is 50.1 Å². The summed E-state index contributed by atoms with van der Waals surface area (Å²) >= 11 is 5.93. The Bertz CT molecular complexity index is 1300. The number of benzene rings is 3. The van der Waals surface area contributed by atoms with Crippen LogP contribution in [0.3, 0.4) is 0 Å². The van der Waals surface area contributed by atoms with Gasteiger partial charge in [0.2, 0.25) is 5.91 Å². The molecule has 0 saturated carbocycles. The second-order valence-corrected chi connectivity index (χ2v) is 10.3. The predicted molar refractivity (Wildman–Crippen MR) is 144 cm³/mol. The van der Waals surface area contributed by atoms with Crippen LogP contribution in [0.5, 0.6) is 11.5 Å². The number of rotatable bonds is 10. The smallest absolute Gasteiger partial charge is 0.415 e. The van der Waals surface area contributed by atoms with Gasteiger partial charge >= 0.3 is 6.09 Å². The van der Waals surface area contributed by atoms with Crippen molar-refractivity contribution in [2.75, 3.05) is 18.0 Å². The fourth-order valence-corrected chi connectivity index (χ4v) is 5.33. The van der Waals surface area contributed by atoms with Gasteiger partial charge in [-0.15, -0.1) is 0 Å². The maximum Gasteiger partial charge on any atom is 0.415 e. The van der Waals surface area contributed by atoms with Gasteiger partial charge in [-0.05, 0) is 91.9 Å². The summed E-state index contributed by atoms with van der Waals surface area (Å²) in [5.74, 6) is -0.0757. The summed E-state index contributed by atoms with van der Waals surface area (Å²) in [6, 6.07) is 16.4. The summed E-state index contributed by atoms with van der Waals surface area (Å²) in [6.07, 6.45) is 3.33. The van der Waals surface area contributed by atoms with Gasteiger partial charge in [-0.2, -0.15) is 0 Å². The third kappa shape index (κ3) is 6.50. The monoisotopic (exact) mass is 554 g/mol. The van der Waals surface area contributed by atoms with E-state index in [1.807, 2.05) is 4.90 Å². The lowest BCUT2D eigenvalue weighted by atomic mass is 9.96. The van der Waals surface area contributed by atoms with E-state index in [9.17, 15) is 18.4 Å². The minimum Gasteiger partial charge on any atom is -0.457 e. The van der Waals surface area contributed by atoms with Crippen molar-refractivity contribution >= 4 is 29.3 Å². The lowest BCUT2D eigenvalue weighted by Crippen LogP contribution is -2.29. The Morgan fingerprint density at radius 3 is 2.21 bits per heavy atom. The highest BCUT2D eigenvalue weighted by Gasteiger charge is 2.43. The highest BCUT2D eigenvalue weighted by atomic mass is 35.5. The normalized spacial score (nSPS) is 19.1. The van der Waals surface area contributed by atoms with Crippen LogP contribution in [0.15, 0.2) is 66.7 Å². The number of carbonyl (C=O) groups excluding carboxylic acids is 2. The maximum absolute atomic E-state index is 14.2. The lowest BCUT2D eigenvalue weighted by molar-refractivity contribution is -0.127. The SMILES string of the molecule is O=C1CCCN1CCCCC[C@@H]1OC(=O)N(c2ccc(Oc3ccc(Cl)cc3)cc2)[C@H]1c1cc(F)cc(F)c1. The van der Waals surface area contributed by atoms with Gasteiger partial charge in [0.05, 0.1) is 0 Å². The second-order valence-electron chi connectivity index (χ2n) is 9.82. The van der Waals surface area contributed by atoms with E-state index in [-0.39, 0.29) is 5.91 Å². The van der Waals surface area contributed by atoms with Crippen LogP contribution in [0, 0.1) is 11.6 Å². The molecule has 2 saturated heterocycles. The van der Waals surface area contributed by atoms with Crippen LogP contribution in [-0.2, 0) is 9.53 Å². The minimum absolute atomic E-state index is 0.202. The number of likely N-dealkylation sites (tertiary alicyclic amines) is 1. The average molecular weight is 555 g/mol. The van der Waals surface area contributed by atoms with Crippen molar-refractivity contribution in [3.63, 3.8) is 0 Å². The molecule has 9 heteroatoms. The highest BCUT2D eigenvalue weighted by molar-refractivity contribution is 6.30. The number of ether oxygens (including phenoxy) is 2. The van der Waals surface area contributed by atoms with Gasteiger partial charge in [-0.25, -0.2) is 13.6 Å². The first-order chi connectivity index (χ1) is 18.9. The molecule has 3 aromatic carbocycles. The van der Waals surface area contributed by atoms with E-state index in [0.29, 0.717) is 40.6 Å². The van der Waals surface area contributed by atoms with Crippen molar-refractivity contribution in [2.45, 2.75) is 50.7 Å². The Hall–Kier alpha value is -3.65. The number of cyclic esters (lactones) is 1. The van der Waals surface area contributed by atoms with Gasteiger partial charge in [0.1, 0.15) is 35.3 Å². The van der Waals surface area contributed by atoms with E-state index in [0.717, 1.165) is 44.8 Å². The molecule has 3 aromatic rings. The standard InChI is InChI=1S/C30H29ClF2N2O4/c31-21-7-11-25(12-8-21)38-26-13-9-24(10-14-26)35-29(20-17-22(32)19-23(33)18-20)27(39-30(35)37)5-2-1-3-15-34-16-4-6-28(34)36/h7-14,17-19,27,29H,1-6,15-16H2/t27-,29-/m0/s1. The number of carbonyl (C=O) groups is 2. The van der Waals surface area contributed by atoms with E-state index in [1.165, 1.54) is 17.0 Å². The molecule has 2 atom stereocenters. The average Bonchev–Trinajstić information content (AvgIpc) is 3.47. The molecule has 2 heterocycles. The molecule has 5 rings (SSSR count). The second kappa shape index (κ2) is 12.0. The van der Waals surface area contributed by atoms with Gasteiger partial charge in [-0.3, -0.25) is 9.69 Å². The van der Waals surface area contributed by atoms with Gasteiger partial charge in [0.15, 0.2) is 0 Å². The van der Waals surface area contributed by atoms with Crippen LogP contribution < -0.4 is 9.64 Å². The number of anilines is 1. The quantitative estimate of drug-likeness (QED) is 0.241. The van der Waals surface area contributed by atoms with Crippen LogP contribution in [0.4, 0.5) is 19.3 Å². The molecular weight excluding hydrogens is 526 g/mol. The van der Waals surface area contributed by atoms with Crippen LogP contribution in [0.25, 0.3) is 0 Å². The fourth-order valence-electron chi connectivity index (χ4n) is 5.20. The van der Waals surface area contributed by atoms with Crippen molar-refractivity contribution in [1.82, 2.24) is 4.90 Å². The zero-order chi connectivity index (χ0) is 27.4. The first kappa shape index (κ1) is 26.9. The zero-order valence-corrected chi connectivity index (χ0v) is 22.1. The summed E-state index contributed by atoms with van der Waals surface area (Å²) in [4.78, 5) is 28.2. The number of nitrogens with zero attached hydrogens (tertiary/aromatic N) is 2. The summed E-state index contributed by atoms with van der Waals surface area (Å²) in [6.45, 7) is 1.53. The molecule has 2 fully saturated rings. The minimum atomic E-state index is -0.718. The molecule has 0 unspecified atom stereocenters. The molecule has 2 aliphatic heterocycles. The van der Waals surface area contributed by atoms with Crippen molar-refractivity contribution < 1.29 is 27.8 Å². The highest BCUT2D eigenvalue weighted by Crippen LogP contribution is 2.40. The lowest BCUT2D eigenvalue weighted by Gasteiger charge is -2.25. The number of hydrogen-bond donors (Lipinski definition) is 0. The molecular formula is C30H29ClF2N2O4. The van der Waals surface area contributed by atoms with Crippen molar-refractivity contribution in [1.29, 1.82) is 0 Å². The molecule has 204 valence electrons. The maximum atomic E-state index is 14.2. The first-order valence-corrected chi connectivity index (χ1v) is 13.5. The molecule has 0 spiro atoms. The number of unbranched alkanes of at least 4 members (excludes halogenated alkanes) is 2. The summed E-state index contributed by atoms with van der Waals surface area (Å²) < 4.78 is 40.0. The predicted octanol–water partition coefficient (Wildman–Crippen LogP) is 7.66. The van der Waals surface area contributed by atoms with E-state index >= 15 is 0 Å². The Labute approximate surface area is 231 Å². The first-order valence-electron chi connectivity index (χ1n) is 13.1. The molecule has 6 nitrogen and oxygen atoms in total. The number of amides is 2. The largest absolute Gasteiger partial charge is 0.457 e. The molecule has 0 aliphatic carbocycles. The molecule has 2 aliphatic rings. The fraction of sp³-hybridized carbons (Fsp3) is 0.333. The van der Waals surface area contributed by atoms with Crippen LogP contribution in [0.2, 0.25) is 5.02 Å². The van der Waals surface area contributed by atoms with Crippen molar-refractivity contribution in [3.8, 4) is 11.5 Å². The van der Waals surface area contributed by atoms with Crippen LogP contribution >= 0.6 is 11.6 Å². The van der Waals surface area contributed by atoms with E-state index < -0.39 is 29.9 Å². The molecule has 0 radical (unpaired) electrons.